The van der Waals surface area contributed by atoms with Gasteiger partial charge in [0, 0.05) is 25.6 Å². The van der Waals surface area contributed by atoms with Crippen LogP contribution in [-0.2, 0) is 17.9 Å². The van der Waals surface area contributed by atoms with E-state index in [2.05, 4.69) is 16.7 Å². The lowest BCUT2D eigenvalue weighted by Gasteiger charge is -2.07. The summed E-state index contributed by atoms with van der Waals surface area (Å²) in [5, 5.41) is 14.4. The summed E-state index contributed by atoms with van der Waals surface area (Å²) in [5.74, 6) is -0.273. The number of nitrogens with one attached hydrogen (secondary N) is 2. The topological polar surface area (TPSA) is 82.0 Å². The van der Waals surface area contributed by atoms with E-state index in [0.29, 0.717) is 24.2 Å². The first-order chi connectivity index (χ1) is 11.1. The summed E-state index contributed by atoms with van der Waals surface area (Å²) in [6, 6.07) is 16.2. The maximum Gasteiger partial charge on any atom is 0.251 e. The molecule has 0 atom stereocenters. The third-order valence-electron chi connectivity index (χ3n) is 3.27. The van der Waals surface area contributed by atoms with Crippen molar-refractivity contribution in [2.24, 2.45) is 0 Å². The van der Waals surface area contributed by atoms with E-state index >= 15 is 0 Å². The summed E-state index contributed by atoms with van der Waals surface area (Å²) in [6.45, 7) is 2.27. The largest absolute Gasteiger partial charge is 0.352 e. The fourth-order valence-corrected chi connectivity index (χ4v) is 2.04. The molecule has 116 valence electrons. The van der Waals surface area contributed by atoms with Crippen molar-refractivity contribution in [3.8, 4) is 6.07 Å². The molecule has 2 amide bonds. The number of hydrogen-bond acceptors (Lipinski definition) is 3. The summed E-state index contributed by atoms with van der Waals surface area (Å²) >= 11 is 0. The maximum absolute atomic E-state index is 12.1. The van der Waals surface area contributed by atoms with E-state index in [-0.39, 0.29) is 11.8 Å². The van der Waals surface area contributed by atoms with E-state index < -0.39 is 0 Å². The molecule has 0 saturated carbocycles. The summed E-state index contributed by atoms with van der Waals surface area (Å²) in [7, 11) is 0. The number of amides is 2. The second-order valence-corrected chi connectivity index (χ2v) is 5.10. The van der Waals surface area contributed by atoms with Gasteiger partial charge in [-0.05, 0) is 35.4 Å². The van der Waals surface area contributed by atoms with Crippen molar-refractivity contribution in [3.05, 3.63) is 70.8 Å². The van der Waals surface area contributed by atoms with Crippen LogP contribution >= 0.6 is 0 Å². The van der Waals surface area contributed by atoms with E-state index in [4.69, 9.17) is 5.26 Å². The van der Waals surface area contributed by atoms with Crippen molar-refractivity contribution in [2.45, 2.75) is 20.0 Å². The zero-order valence-electron chi connectivity index (χ0n) is 12.8. The first-order valence-corrected chi connectivity index (χ1v) is 7.19. The average Bonchev–Trinajstić information content (AvgIpc) is 2.58. The Morgan fingerprint density at radius 1 is 1.00 bits per heavy atom. The van der Waals surface area contributed by atoms with E-state index in [1.165, 1.54) is 6.92 Å². The van der Waals surface area contributed by atoms with Crippen molar-refractivity contribution in [1.82, 2.24) is 10.6 Å². The Hall–Kier alpha value is -3.13. The summed E-state index contributed by atoms with van der Waals surface area (Å²) in [4.78, 5) is 23.0. The molecule has 23 heavy (non-hydrogen) atoms. The first-order valence-electron chi connectivity index (χ1n) is 7.19. The minimum absolute atomic E-state index is 0.0913. The maximum atomic E-state index is 12.1. The molecule has 0 aliphatic carbocycles. The molecule has 2 N–H and O–H groups in total. The fraction of sp³-hybridized carbons (Fsp3) is 0.167. The SMILES string of the molecule is CC(=O)NCc1ccc(C(=O)NCc2cccc(C#N)c2)cc1. The van der Waals surface area contributed by atoms with Gasteiger partial charge >= 0.3 is 0 Å². The number of nitriles is 1. The molecule has 5 nitrogen and oxygen atoms in total. The van der Waals surface area contributed by atoms with Crippen molar-refractivity contribution >= 4 is 11.8 Å². The monoisotopic (exact) mass is 307 g/mol. The van der Waals surface area contributed by atoms with Gasteiger partial charge in [0.2, 0.25) is 5.91 Å². The molecule has 0 aromatic heterocycles. The molecule has 0 bridgehead atoms. The molecule has 0 aliphatic rings. The van der Waals surface area contributed by atoms with E-state index in [0.717, 1.165) is 11.1 Å². The predicted molar refractivity (Wildman–Crippen MR) is 86.3 cm³/mol. The number of hydrogen-bond donors (Lipinski definition) is 2. The molecule has 2 aromatic carbocycles. The summed E-state index contributed by atoms with van der Waals surface area (Å²) in [6.07, 6.45) is 0. The zero-order valence-corrected chi connectivity index (χ0v) is 12.8. The van der Waals surface area contributed by atoms with Crippen LogP contribution < -0.4 is 10.6 Å². The second kappa shape index (κ2) is 7.76. The molecular weight excluding hydrogens is 290 g/mol. The quantitative estimate of drug-likeness (QED) is 0.887. The number of carbonyl (C=O) groups is 2. The minimum atomic E-state index is -0.182. The van der Waals surface area contributed by atoms with Gasteiger partial charge in [-0.3, -0.25) is 9.59 Å². The molecule has 0 heterocycles. The van der Waals surface area contributed by atoms with Gasteiger partial charge in [0.25, 0.3) is 5.91 Å². The van der Waals surface area contributed by atoms with Gasteiger partial charge in [0.05, 0.1) is 11.6 Å². The highest BCUT2D eigenvalue weighted by atomic mass is 16.2. The Bertz CT molecular complexity index is 746. The van der Waals surface area contributed by atoms with Crippen LogP contribution in [0, 0.1) is 11.3 Å². The van der Waals surface area contributed by atoms with Gasteiger partial charge in [-0.2, -0.15) is 5.26 Å². The Morgan fingerprint density at radius 2 is 1.70 bits per heavy atom. The normalized spacial score (nSPS) is 9.74. The van der Waals surface area contributed by atoms with E-state index in [1.54, 1.807) is 42.5 Å². The van der Waals surface area contributed by atoms with Gasteiger partial charge in [0.15, 0.2) is 0 Å². The minimum Gasteiger partial charge on any atom is -0.352 e. The first kappa shape index (κ1) is 16.2. The predicted octanol–water partition coefficient (Wildman–Crippen LogP) is 2.12. The van der Waals surface area contributed by atoms with Crippen LogP contribution in [0.2, 0.25) is 0 Å². The lowest BCUT2D eigenvalue weighted by molar-refractivity contribution is -0.119. The van der Waals surface area contributed by atoms with E-state index in [9.17, 15) is 9.59 Å². The van der Waals surface area contributed by atoms with Crippen LogP contribution in [0.5, 0.6) is 0 Å². The van der Waals surface area contributed by atoms with Crippen molar-refractivity contribution in [3.63, 3.8) is 0 Å². The lowest BCUT2D eigenvalue weighted by Crippen LogP contribution is -2.23. The third-order valence-corrected chi connectivity index (χ3v) is 3.27. The Morgan fingerprint density at radius 3 is 2.35 bits per heavy atom. The number of nitrogens with zero attached hydrogens (tertiary/aromatic N) is 1. The molecule has 0 aliphatic heterocycles. The molecule has 2 aromatic rings. The summed E-state index contributed by atoms with van der Waals surface area (Å²) < 4.78 is 0. The van der Waals surface area contributed by atoms with Gasteiger partial charge in [-0.1, -0.05) is 24.3 Å². The molecule has 5 heteroatoms. The highest BCUT2D eigenvalue weighted by molar-refractivity contribution is 5.94. The molecule has 0 fully saturated rings. The van der Waals surface area contributed by atoms with Gasteiger partial charge in [-0.25, -0.2) is 0 Å². The highest BCUT2D eigenvalue weighted by Gasteiger charge is 2.05. The lowest BCUT2D eigenvalue weighted by atomic mass is 10.1. The van der Waals surface area contributed by atoms with Crippen molar-refractivity contribution < 1.29 is 9.59 Å². The van der Waals surface area contributed by atoms with Gasteiger partial charge < -0.3 is 10.6 Å². The Balaban J connectivity index is 1.92. The Kier molecular flexibility index (Phi) is 5.48. The molecule has 0 spiro atoms. The second-order valence-electron chi connectivity index (χ2n) is 5.10. The summed E-state index contributed by atoms with van der Waals surface area (Å²) in [5.41, 5.74) is 2.92. The van der Waals surface area contributed by atoms with Crippen LogP contribution in [0.4, 0.5) is 0 Å². The van der Waals surface area contributed by atoms with Gasteiger partial charge in [-0.15, -0.1) is 0 Å². The number of carbonyl (C=O) groups excluding carboxylic acids is 2. The van der Waals surface area contributed by atoms with Crippen LogP contribution in [0.25, 0.3) is 0 Å². The molecule has 2 rings (SSSR count). The smallest absolute Gasteiger partial charge is 0.251 e. The molecule has 0 radical (unpaired) electrons. The van der Waals surface area contributed by atoms with Crippen LogP contribution in [0.15, 0.2) is 48.5 Å². The van der Waals surface area contributed by atoms with Crippen LogP contribution in [0.3, 0.4) is 0 Å². The standard InChI is InChI=1S/C18H17N3O2/c1-13(22)20-11-14-5-7-17(8-6-14)18(23)21-12-16-4-2-3-15(9-16)10-19/h2-9H,11-12H2,1H3,(H,20,22)(H,21,23). The molecule has 0 unspecified atom stereocenters. The van der Waals surface area contributed by atoms with Crippen molar-refractivity contribution in [1.29, 1.82) is 5.26 Å². The van der Waals surface area contributed by atoms with Crippen LogP contribution in [-0.4, -0.2) is 11.8 Å². The van der Waals surface area contributed by atoms with Crippen molar-refractivity contribution in [2.75, 3.05) is 0 Å². The highest BCUT2D eigenvalue weighted by Crippen LogP contribution is 2.07. The zero-order chi connectivity index (χ0) is 16.7. The molecule has 0 saturated heterocycles. The van der Waals surface area contributed by atoms with Crippen LogP contribution in [0.1, 0.15) is 34.0 Å². The number of rotatable bonds is 5. The molecular formula is C18H17N3O2. The fourth-order valence-electron chi connectivity index (χ4n) is 2.04. The average molecular weight is 307 g/mol. The Labute approximate surface area is 134 Å². The third kappa shape index (κ3) is 4.97. The number of benzene rings is 2. The van der Waals surface area contributed by atoms with Gasteiger partial charge in [0.1, 0.15) is 0 Å². The van der Waals surface area contributed by atoms with E-state index in [1.807, 2.05) is 6.07 Å².